The van der Waals surface area contributed by atoms with Crippen LogP contribution in [-0.4, -0.2) is 62.7 Å². The van der Waals surface area contributed by atoms with Gasteiger partial charge < -0.3 is 14.9 Å². The van der Waals surface area contributed by atoms with Gasteiger partial charge in [-0.25, -0.2) is 0 Å². The number of benzene rings is 1. The minimum atomic E-state index is -0.822. The molecular weight excluding hydrogens is 460 g/mol. The Hall–Kier alpha value is -3.59. The van der Waals surface area contributed by atoms with Gasteiger partial charge in [0, 0.05) is 36.6 Å². The summed E-state index contributed by atoms with van der Waals surface area (Å²) in [6.07, 6.45) is 8.26. The van der Waals surface area contributed by atoms with Crippen LogP contribution in [0.3, 0.4) is 0 Å². The summed E-state index contributed by atoms with van der Waals surface area (Å²) < 4.78 is 0. The van der Waals surface area contributed by atoms with E-state index in [2.05, 4.69) is 23.7 Å². The number of non-ortho nitro benzene ring substituents is 1. The lowest BCUT2D eigenvalue weighted by atomic mass is 9.96. The second kappa shape index (κ2) is 12.9. The standard InChI is InChI=1S/C27H34N4O5/c1-3-5-14-29(15-6-4-2)16-9-17-30-24(21-11-8-13-28-19-21)23(26(33)27(30)34)25(32)20-10-7-12-22(18-20)31(35)36/h7-8,10-13,18-19,24,32H,3-6,9,14-17H2,1-2H3/b25-23-. The van der Waals surface area contributed by atoms with Crippen LogP contribution in [0.1, 0.15) is 63.1 Å². The number of unbranched alkanes of at least 4 members (excludes halogenated alkanes) is 2. The lowest BCUT2D eigenvalue weighted by Crippen LogP contribution is -2.34. The molecule has 1 fully saturated rings. The molecule has 1 N–H and O–H groups in total. The number of pyridine rings is 1. The van der Waals surface area contributed by atoms with Crippen LogP contribution < -0.4 is 0 Å². The van der Waals surface area contributed by atoms with Crippen molar-refractivity contribution in [3.05, 3.63) is 75.6 Å². The van der Waals surface area contributed by atoms with Crippen LogP contribution >= 0.6 is 0 Å². The molecule has 1 aliphatic heterocycles. The summed E-state index contributed by atoms with van der Waals surface area (Å²) in [5.41, 5.74) is 0.409. The number of nitro groups is 1. The summed E-state index contributed by atoms with van der Waals surface area (Å²) in [5, 5.41) is 22.3. The van der Waals surface area contributed by atoms with Gasteiger partial charge in [0.15, 0.2) is 0 Å². The normalized spacial score (nSPS) is 17.2. The third kappa shape index (κ3) is 6.34. The third-order valence-corrected chi connectivity index (χ3v) is 6.40. The Labute approximate surface area is 211 Å². The van der Waals surface area contributed by atoms with Crippen LogP contribution in [0.25, 0.3) is 5.76 Å². The van der Waals surface area contributed by atoms with Gasteiger partial charge in [0.2, 0.25) is 0 Å². The molecule has 1 atom stereocenters. The molecule has 1 aromatic heterocycles. The number of likely N-dealkylation sites (tertiary alicyclic amines) is 1. The lowest BCUT2D eigenvalue weighted by Gasteiger charge is -2.27. The zero-order valence-corrected chi connectivity index (χ0v) is 20.9. The smallest absolute Gasteiger partial charge is 0.295 e. The number of amides is 1. The van der Waals surface area contributed by atoms with E-state index in [-0.39, 0.29) is 16.8 Å². The fourth-order valence-corrected chi connectivity index (χ4v) is 4.48. The maximum atomic E-state index is 13.1. The van der Waals surface area contributed by atoms with Gasteiger partial charge in [-0.05, 0) is 50.5 Å². The first-order chi connectivity index (χ1) is 17.4. The molecule has 9 nitrogen and oxygen atoms in total. The number of nitro benzene ring substituents is 1. The molecule has 9 heteroatoms. The molecule has 36 heavy (non-hydrogen) atoms. The third-order valence-electron chi connectivity index (χ3n) is 6.40. The van der Waals surface area contributed by atoms with E-state index in [1.807, 2.05) is 0 Å². The Morgan fingerprint density at radius 2 is 1.78 bits per heavy atom. The first-order valence-corrected chi connectivity index (χ1v) is 12.5. The Bertz CT molecular complexity index is 1090. The van der Waals surface area contributed by atoms with E-state index in [1.54, 1.807) is 24.5 Å². The largest absolute Gasteiger partial charge is 0.507 e. The van der Waals surface area contributed by atoms with Gasteiger partial charge >= 0.3 is 0 Å². The zero-order chi connectivity index (χ0) is 26.1. The van der Waals surface area contributed by atoms with E-state index in [0.29, 0.717) is 18.5 Å². The summed E-state index contributed by atoms with van der Waals surface area (Å²) in [5.74, 6) is -1.92. The topological polar surface area (TPSA) is 117 Å². The van der Waals surface area contributed by atoms with E-state index in [1.165, 1.54) is 29.2 Å². The fraction of sp³-hybridized carbons (Fsp3) is 0.444. The number of rotatable bonds is 13. The second-order valence-electron chi connectivity index (χ2n) is 8.99. The number of hydrogen-bond acceptors (Lipinski definition) is 7. The molecule has 0 aliphatic carbocycles. The molecule has 2 aromatic rings. The van der Waals surface area contributed by atoms with E-state index < -0.39 is 28.4 Å². The number of aromatic nitrogens is 1. The highest BCUT2D eigenvalue weighted by molar-refractivity contribution is 6.46. The number of ketones is 1. The molecule has 0 saturated carbocycles. The van der Waals surface area contributed by atoms with Crippen molar-refractivity contribution in [2.24, 2.45) is 0 Å². The van der Waals surface area contributed by atoms with Crippen molar-refractivity contribution in [1.82, 2.24) is 14.8 Å². The van der Waals surface area contributed by atoms with Crippen LogP contribution in [-0.2, 0) is 9.59 Å². The highest BCUT2D eigenvalue weighted by Gasteiger charge is 2.46. The Morgan fingerprint density at radius 3 is 2.39 bits per heavy atom. The summed E-state index contributed by atoms with van der Waals surface area (Å²) in [7, 11) is 0. The molecule has 0 spiro atoms. The predicted octanol–water partition coefficient (Wildman–Crippen LogP) is 4.70. The maximum absolute atomic E-state index is 13.1. The van der Waals surface area contributed by atoms with Crippen LogP contribution in [0.2, 0.25) is 0 Å². The Balaban J connectivity index is 1.92. The predicted molar refractivity (Wildman–Crippen MR) is 137 cm³/mol. The molecular formula is C27H34N4O5. The van der Waals surface area contributed by atoms with E-state index in [0.717, 1.165) is 45.3 Å². The Morgan fingerprint density at radius 1 is 1.08 bits per heavy atom. The zero-order valence-electron chi connectivity index (χ0n) is 20.9. The summed E-state index contributed by atoms with van der Waals surface area (Å²) >= 11 is 0. The molecule has 1 aromatic carbocycles. The highest BCUT2D eigenvalue weighted by atomic mass is 16.6. The van der Waals surface area contributed by atoms with Gasteiger partial charge in [-0.3, -0.25) is 24.7 Å². The monoisotopic (exact) mass is 494 g/mol. The molecule has 1 aliphatic rings. The van der Waals surface area contributed by atoms with E-state index in [9.17, 15) is 24.8 Å². The van der Waals surface area contributed by atoms with Gasteiger partial charge in [-0.2, -0.15) is 0 Å². The second-order valence-corrected chi connectivity index (χ2v) is 8.99. The molecule has 0 bridgehead atoms. The van der Waals surface area contributed by atoms with Crippen molar-refractivity contribution in [2.75, 3.05) is 26.2 Å². The number of nitrogens with zero attached hydrogens (tertiary/aromatic N) is 4. The summed E-state index contributed by atoms with van der Waals surface area (Å²) in [6, 6.07) is 8.06. The number of carbonyl (C=O) groups excluding carboxylic acids is 2. The molecule has 1 amide bonds. The highest BCUT2D eigenvalue weighted by Crippen LogP contribution is 2.39. The van der Waals surface area contributed by atoms with Gasteiger partial charge in [-0.15, -0.1) is 0 Å². The number of aliphatic hydroxyl groups is 1. The van der Waals surface area contributed by atoms with E-state index >= 15 is 0 Å². The average molecular weight is 495 g/mol. The number of carbonyl (C=O) groups is 2. The van der Waals surface area contributed by atoms with Crippen molar-refractivity contribution in [3.63, 3.8) is 0 Å². The summed E-state index contributed by atoms with van der Waals surface area (Å²) in [6.45, 7) is 7.44. The average Bonchev–Trinajstić information content (AvgIpc) is 3.15. The molecule has 192 valence electrons. The van der Waals surface area contributed by atoms with Crippen LogP contribution in [0.5, 0.6) is 0 Å². The molecule has 1 saturated heterocycles. The first-order valence-electron chi connectivity index (χ1n) is 12.5. The van der Waals surface area contributed by atoms with Crippen LogP contribution in [0, 0.1) is 10.1 Å². The molecule has 0 radical (unpaired) electrons. The first kappa shape index (κ1) is 27.0. The van der Waals surface area contributed by atoms with Crippen molar-refractivity contribution < 1.29 is 19.6 Å². The van der Waals surface area contributed by atoms with Crippen LogP contribution in [0.4, 0.5) is 5.69 Å². The van der Waals surface area contributed by atoms with Gasteiger partial charge in [-0.1, -0.05) is 44.9 Å². The van der Waals surface area contributed by atoms with E-state index in [4.69, 9.17) is 0 Å². The number of aliphatic hydroxyl groups excluding tert-OH is 1. The number of hydrogen-bond donors (Lipinski definition) is 1. The van der Waals surface area contributed by atoms with Crippen molar-refractivity contribution >= 4 is 23.1 Å². The lowest BCUT2D eigenvalue weighted by molar-refractivity contribution is -0.384. The summed E-state index contributed by atoms with van der Waals surface area (Å²) in [4.78, 5) is 44.9. The number of Topliss-reactive ketones (excluding diaryl/α,β-unsaturated/α-hetero) is 1. The molecule has 1 unspecified atom stereocenters. The van der Waals surface area contributed by atoms with Crippen molar-refractivity contribution in [3.8, 4) is 0 Å². The van der Waals surface area contributed by atoms with Gasteiger partial charge in [0.1, 0.15) is 5.76 Å². The minimum Gasteiger partial charge on any atom is -0.507 e. The SMILES string of the molecule is CCCCN(CCCC)CCCN1C(=O)C(=O)/C(=C(\O)c2cccc([N+](=O)[O-])c2)C1c1cccnc1. The molecule has 2 heterocycles. The molecule has 3 rings (SSSR count). The van der Waals surface area contributed by atoms with Gasteiger partial charge in [0.05, 0.1) is 16.5 Å². The van der Waals surface area contributed by atoms with Crippen molar-refractivity contribution in [2.45, 2.75) is 52.0 Å². The van der Waals surface area contributed by atoms with Crippen molar-refractivity contribution in [1.29, 1.82) is 0 Å². The van der Waals surface area contributed by atoms with Crippen LogP contribution in [0.15, 0.2) is 54.4 Å². The maximum Gasteiger partial charge on any atom is 0.295 e. The van der Waals surface area contributed by atoms with Gasteiger partial charge in [0.25, 0.3) is 17.4 Å². The minimum absolute atomic E-state index is 0.0812. The quantitative estimate of drug-likeness (QED) is 0.141. The Kier molecular flexibility index (Phi) is 9.69. The fourth-order valence-electron chi connectivity index (χ4n) is 4.48.